The molecule has 0 bridgehead atoms. The molecule has 0 aliphatic heterocycles. The molecule has 3 heterocycles. The van der Waals surface area contributed by atoms with Crippen molar-refractivity contribution in [2.75, 3.05) is 0 Å². The van der Waals surface area contributed by atoms with Crippen molar-refractivity contribution in [3.63, 3.8) is 0 Å². The van der Waals surface area contributed by atoms with Gasteiger partial charge in [-0.25, -0.2) is 0 Å². The van der Waals surface area contributed by atoms with E-state index in [9.17, 15) is 0 Å². The van der Waals surface area contributed by atoms with E-state index >= 15 is 0 Å². The lowest BCUT2D eigenvalue weighted by molar-refractivity contribution is 0.734. The van der Waals surface area contributed by atoms with Gasteiger partial charge in [0.25, 0.3) is 0 Å². The molecule has 0 radical (unpaired) electrons. The Labute approximate surface area is 382 Å². The molecule has 1 unspecified atom stereocenters. The minimum absolute atomic E-state index is 0.304. The maximum absolute atomic E-state index is 2.52. The first-order valence-electron chi connectivity index (χ1n) is 23.2. The van der Waals surface area contributed by atoms with Crippen LogP contribution >= 0.6 is 0 Å². The molecule has 0 saturated carbocycles. The second kappa shape index (κ2) is 14.6. The van der Waals surface area contributed by atoms with E-state index in [4.69, 9.17) is 0 Å². The summed E-state index contributed by atoms with van der Waals surface area (Å²) >= 11 is 0. The number of nitrogens with zero attached hydrogens (tertiary/aromatic N) is 3. The van der Waals surface area contributed by atoms with Gasteiger partial charge in [0.1, 0.15) is 0 Å². The minimum Gasteiger partial charge on any atom is -0.309 e. The van der Waals surface area contributed by atoms with Gasteiger partial charge >= 0.3 is 0 Å². The molecule has 0 amide bonds. The zero-order chi connectivity index (χ0) is 43.3. The average molecular weight is 842 g/mol. The zero-order valence-corrected chi connectivity index (χ0v) is 36.3. The Morgan fingerprint density at radius 2 is 0.803 bits per heavy atom. The second-order valence-corrected chi connectivity index (χ2v) is 18.0. The Bertz CT molecular complexity index is 4040. The quantitative estimate of drug-likeness (QED) is 0.152. The van der Waals surface area contributed by atoms with Crippen LogP contribution in [0, 0.1) is 0 Å². The lowest BCUT2D eigenvalue weighted by Gasteiger charge is -2.16. The smallest absolute Gasteiger partial charge is 0.0544 e. The first kappa shape index (κ1) is 37.0. The summed E-state index contributed by atoms with van der Waals surface area (Å²) in [7, 11) is 0. The van der Waals surface area contributed by atoms with Crippen LogP contribution in [0.1, 0.15) is 29.0 Å². The third kappa shape index (κ3) is 5.50. The third-order valence-corrected chi connectivity index (χ3v) is 14.5. The highest BCUT2D eigenvalue weighted by molar-refractivity contribution is 6.16. The number of para-hydroxylation sites is 4. The SMILES string of the molecule is c1ccc(CCC2c3ccccc3-c3ccc4c(c32)c2ccccc2n4-c2ccc3c(c2)c2cc(-c4ccc5c(c4)c4ccccc4n5-c4ccccc4)ccc2n3-c2ccccc2)cc1. The lowest BCUT2D eigenvalue weighted by Crippen LogP contribution is -2.00. The molecule has 3 heteroatoms. The van der Waals surface area contributed by atoms with E-state index in [2.05, 4.69) is 244 Å². The fraction of sp³-hybridized carbons (Fsp3) is 0.0476. The number of aromatic nitrogens is 3. The molecule has 13 aromatic rings. The molecule has 310 valence electrons. The van der Waals surface area contributed by atoms with Gasteiger partial charge in [0, 0.05) is 55.3 Å². The van der Waals surface area contributed by atoms with Crippen molar-refractivity contribution >= 4 is 65.4 Å². The second-order valence-electron chi connectivity index (χ2n) is 18.0. The van der Waals surface area contributed by atoms with Crippen LogP contribution in [0.15, 0.2) is 231 Å². The third-order valence-electron chi connectivity index (χ3n) is 14.5. The van der Waals surface area contributed by atoms with Crippen LogP contribution in [0.4, 0.5) is 0 Å². The normalized spacial score (nSPS) is 13.4. The van der Waals surface area contributed by atoms with Gasteiger partial charge in [0.2, 0.25) is 0 Å². The predicted octanol–water partition coefficient (Wildman–Crippen LogP) is 16.4. The predicted molar refractivity (Wildman–Crippen MR) is 277 cm³/mol. The fourth-order valence-corrected chi connectivity index (χ4v) is 11.6. The molecule has 14 rings (SSSR count). The Hall–Kier alpha value is -8.40. The molecule has 0 N–H and O–H groups in total. The molecule has 3 aromatic heterocycles. The highest BCUT2D eigenvalue weighted by Crippen LogP contribution is 2.52. The minimum atomic E-state index is 0.304. The van der Waals surface area contributed by atoms with Gasteiger partial charge < -0.3 is 13.7 Å². The van der Waals surface area contributed by atoms with Crippen LogP contribution in [0.2, 0.25) is 0 Å². The highest BCUT2D eigenvalue weighted by Gasteiger charge is 2.32. The van der Waals surface area contributed by atoms with Crippen LogP contribution in [0.3, 0.4) is 0 Å². The van der Waals surface area contributed by atoms with Crippen molar-refractivity contribution in [2.45, 2.75) is 18.8 Å². The van der Waals surface area contributed by atoms with E-state index in [0.717, 1.165) is 24.2 Å². The summed E-state index contributed by atoms with van der Waals surface area (Å²) in [4.78, 5) is 0. The molecule has 0 saturated heterocycles. The van der Waals surface area contributed by atoms with Crippen molar-refractivity contribution in [3.05, 3.63) is 247 Å². The van der Waals surface area contributed by atoms with E-state index in [1.54, 1.807) is 0 Å². The highest BCUT2D eigenvalue weighted by atomic mass is 15.0. The molecule has 1 aliphatic carbocycles. The monoisotopic (exact) mass is 841 g/mol. The van der Waals surface area contributed by atoms with Gasteiger partial charge in [-0.05, 0) is 137 Å². The maximum Gasteiger partial charge on any atom is 0.0544 e. The van der Waals surface area contributed by atoms with Crippen LogP contribution in [-0.2, 0) is 6.42 Å². The Morgan fingerprint density at radius 3 is 1.48 bits per heavy atom. The van der Waals surface area contributed by atoms with Crippen molar-refractivity contribution in [3.8, 4) is 39.3 Å². The fourth-order valence-electron chi connectivity index (χ4n) is 11.6. The van der Waals surface area contributed by atoms with Gasteiger partial charge in [0.15, 0.2) is 0 Å². The Kier molecular flexibility index (Phi) is 8.17. The van der Waals surface area contributed by atoms with Gasteiger partial charge in [-0.2, -0.15) is 0 Å². The molecule has 0 fully saturated rings. The van der Waals surface area contributed by atoms with Gasteiger partial charge in [-0.15, -0.1) is 0 Å². The summed E-state index contributed by atoms with van der Waals surface area (Å²) in [5, 5.41) is 7.65. The maximum atomic E-state index is 2.52. The molecule has 3 nitrogen and oxygen atoms in total. The molecule has 0 spiro atoms. The van der Waals surface area contributed by atoms with E-state index < -0.39 is 0 Å². The largest absolute Gasteiger partial charge is 0.309 e. The van der Waals surface area contributed by atoms with Crippen LogP contribution < -0.4 is 0 Å². The molecule has 10 aromatic carbocycles. The van der Waals surface area contributed by atoms with Crippen LogP contribution in [0.25, 0.3) is 105 Å². The first-order chi connectivity index (χ1) is 32.8. The standard InChI is InChI=1S/C63H43N3/c1-4-16-41(17-5-1)28-32-50-47-22-10-11-23-48(47)51-33-37-61-63(62(50)51)52-25-13-15-27-57(52)66(61)46-31-36-60-55(40-46)54-39-43(30-35-59(54)65(60)45-20-8-3-9-21-45)42-29-34-58-53(38-42)49-24-12-14-26-56(49)64(58)44-18-6-2-7-19-44/h1-27,29-31,33-40,50H,28,32H2. The number of hydrogen-bond donors (Lipinski definition) is 0. The number of rotatable bonds is 7. The number of benzene rings is 10. The van der Waals surface area contributed by atoms with Gasteiger partial charge in [-0.3, -0.25) is 0 Å². The Morgan fingerprint density at radius 1 is 0.318 bits per heavy atom. The summed E-state index contributed by atoms with van der Waals surface area (Å²) in [6.07, 6.45) is 2.09. The number of hydrogen-bond acceptors (Lipinski definition) is 0. The van der Waals surface area contributed by atoms with E-state index in [1.165, 1.54) is 110 Å². The zero-order valence-electron chi connectivity index (χ0n) is 36.3. The van der Waals surface area contributed by atoms with Gasteiger partial charge in [-0.1, -0.05) is 146 Å². The van der Waals surface area contributed by atoms with Crippen LogP contribution in [0.5, 0.6) is 0 Å². The van der Waals surface area contributed by atoms with E-state index in [1.807, 2.05) is 0 Å². The summed E-state index contributed by atoms with van der Waals surface area (Å²) in [5.74, 6) is 0.304. The topological polar surface area (TPSA) is 14.8 Å². The summed E-state index contributed by atoms with van der Waals surface area (Å²) in [6.45, 7) is 0. The van der Waals surface area contributed by atoms with Crippen molar-refractivity contribution in [2.24, 2.45) is 0 Å². The number of aryl methyl sites for hydroxylation is 1. The summed E-state index contributed by atoms with van der Waals surface area (Å²) in [5.41, 5.74) is 20.2. The van der Waals surface area contributed by atoms with Crippen molar-refractivity contribution in [1.82, 2.24) is 13.7 Å². The number of fused-ring (bicyclic) bond motifs is 13. The summed E-state index contributed by atoms with van der Waals surface area (Å²) in [6, 6.07) is 85.4. The van der Waals surface area contributed by atoms with Crippen molar-refractivity contribution < 1.29 is 0 Å². The molecular formula is C63H43N3. The molecule has 66 heavy (non-hydrogen) atoms. The Balaban J connectivity index is 0.971. The molecule has 1 aliphatic rings. The van der Waals surface area contributed by atoms with Gasteiger partial charge in [0.05, 0.1) is 33.1 Å². The molecule has 1 atom stereocenters. The van der Waals surface area contributed by atoms with E-state index in [-0.39, 0.29) is 0 Å². The van der Waals surface area contributed by atoms with E-state index in [0.29, 0.717) is 5.92 Å². The average Bonchev–Trinajstić information content (AvgIpc) is 4.11. The summed E-state index contributed by atoms with van der Waals surface area (Å²) < 4.78 is 7.34. The molecular weight excluding hydrogens is 799 g/mol. The van der Waals surface area contributed by atoms with Crippen LogP contribution in [-0.4, -0.2) is 13.7 Å². The first-order valence-corrected chi connectivity index (χ1v) is 23.2. The van der Waals surface area contributed by atoms with Crippen molar-refractivity contribution in [1.29, 1.82) is 0 Å². The lowest BCUT2D eigenvalue weighted by atomic mass is 9.88.